The van der Waals surface area contributed by atoms with Gasteiger partial charge >= 0.3 is 15.0 Å². The lowest BCUT2D eigenvalue weighted by atomic mass is 10.0. The van der Waals surface area contributed by atoms with E-state index in [9.17, 15) is 28.0 Å². The SMILES string of the molecule is CC(C)C[C@@H](NC(=O)c1cc2cc(CCCN3CCOCC3)ccc2o1)C(=O)N[C@@H]1CCCN(S(=O)(=O)c2cccc[n+]2O)CC1=O. The van der Waals surface area contributed by atoms with Gasteiger partial charge in [-0.05, 0) is 74.4 Å². The number of fused-ring (bicyclic) bond motifs is 1. The minimum Gasteiger partial charge on any atom is -0.451 e. The lowest BCUT2D eigenvalue weighted by Gasteiger charge is -2.26. The fourth-order valence-corrected chi connectivity index (χ4v) is 7.48. The summed E-state index contributed by atoms with van der Waals surface area (Å²) < 4.78 is 39.1. The first-order valence-corrected chi connectivity index (χ1v) is 17.6. The van der Waals surface area contributed by atoms with E-state index in [1.165, 1.54) is 24.4 Å². The van der Waals surface area contributed by atoms with E-state index in [0.717, 1.165) is 60.9 Å². The molecular weight excluding hydrogens is 626 g/mol. The van der Waals surface area contributed by atoms with E-state index in [2.05, 4.69) is 15.5 Å². The Kier molecular flexibility index (Phi) is 11.3. The average Bonchev–Trinajstić information content (AvgIpc) is 3.38. The van der Waals surface area contributed by atoms with Crippen LogP contribution in [0.25, 0.3) is 11.0 Å². The molecule has 1 aromatic carbocycles. The summed E-state index contributed by atoms with van der Waals surface area (Å²) in [5, 5.41) is 16.0. The first-order chi connectivity index (χ1) is 22.5. The van der Waals surface area contributed by atoms with Gasteiger partial charge in [-0.25, -0.2) is 8.42 Å². The topological polar surface area (TPSA) is 162 Å². The minimum absolute atomic E-state index is 0.0447. The Morgan fingerprint density at radius 2 is 1.89 bits per heavy atom. The molecule has 3 N–H and O–H groups in total. The number of nitrogens with one attached hydrogen (secondary N) is 2. The molecule has 2 amide bonds. The molecule has 0 spiro atoms. The average molecular weight is 671 g/mol. The summed E-state index contributed by atoms with van der Waals surface area (Å²) in [6.45, 7) is 7.88. The largest absolute Gasteiger partial charge is 0.451 e. The molecule has 13 nitrogen and oxygen atoms in total. The molecule has 2 saturated heterocycles. The van der Waals surface area contributed by atoms with Crippen LogP contribution in [-0.4, -0.2) is 98.4 Å². The molecule has 0 saturated carbocycles. The van der Waals surface area contributed by atoms with Gasteiger partial charge < -0.3 is 19.8 Å². The van der Waals surface area contributed by atoms with Crippen LogP contribution in [0.3, 0.4) is 0 Å². The number of pyridine rings is 1. The van der Waals surface area contributed by atoms with Crippen molar-refractivity contribution in [2.24, 2.45) is 5.92 Å². The van der Waals surface area contributed by atoms with E-state index in [1.54, 1.807) is 6.07 Å². The lowest BCUT2D eigenvalue weighted by Crippen LogP contribution is -2.53. The van der Waals surface area contributed by atoms with Crippen LogP contribution in [0.4, 0.5) is 0 Å². The highest BCUT2D eigenvalue weighted by atomic mass is 32.2. The third kappa shape index (κ3) is 8.74. The number of nitrogens with zero attached hydrogens (tertiary/aromatic N) is 3. The molecule has 254 valence electrons. The maximum atomic E-state index is 13.5. The zero-order chi connectivity index (χ0) is 33.6. The summed E-state index contributed by atoms with van der Waals surface area (Å²) in [5.41, 5.74) is 1.72. The number of ketones is 1. The van der Waals surface area contributed by atoms with Gasteiger partial charge in [0.15, 0.2) is 11.5 Å². The lowest BCUT2D eigenvalue weighted by molar-refractivity contribution is -0.933. The predicted octanol–water partition coefficient (Wildman–Crippen LogP) is 1.91. The monoisotopic (exact) mass is 670 g/mol. The number of aromatic nitrogens is 1. The number of hydrogen-bond acceptors (Lipinski definition) is 9. The van der Waals surface area contributed by atoms with E-state index in [4.69, 9.17) is 9.15 Å². The second-order valence-corrected chi connectivity index (χ2v) is 14.5. The van der Waals surface area contributed by atoms with Gasteiger partial charge in [-0.2, -0.15) is 4.31 Å². The molecule has 0 aliphatic carbocycles. The minimum atomic E-state index is -4.16. The van der Waals surface area contributed by atoms with Gasteiger partial charge in [0.05, 0.1) is 25.8 Å². The number of furan rings is 1. The van der Waals surface area contributed by atoms with Crippen LogP contribution in [0, 0.1) is 5.92 Å². The van der Waals surface area contributed by atoms with Crippen molar-refractivity contribution in [2.45, 2.75) is 63.1 Å². The Hall–Kier alpha value is -3.85. The summed E-state index contributed by atoms with van der Waals surface area (Å²) in [6.07, 6.45) is 3.95. The zero-order valence-electron chi connectivity index (χ0n) is 26.9. The first-order valence-electron chi connectivity index (χ1n) is 16.2. The van der Waals surface area contributed by atoms with Crippen LogP contribution in [0.2, 0.25) is 0 Å². The number of Topliss-reactive ketones (excluding diaryl/α,β-unsaturated/α-hetero) is 1. The summed E-state index contributed by atoms with van der Waals surface area (Å²) in [6, 6.07) is 9.87. The fourth-order valence-electron chi connectivity index (χ4n) is 6.01. The summed E-state index contributed by atoms with van der Waals surface area (Å²) in [5.74, 6) is -1.42. The number of morpholine rings is 1. The van der Waals surface area contributed by atoms with E-state index in [1.807, 2.05) is 32.0 Å². The quantitative estimate of drug-likeness (QED) is 0.193. The second kappa shape index (κ2) is 15.4. The fraction of sp³-hybridized carbons (Fsp3) is 0.515. The molecule has 2 fully saturated rings. The number of ether oxygens (including phenoxy) is 1. The van der Waals surface area contributed by atoms with Crippen LogP contribution in [0.15, 0.2) is 58.1 Å². The van der Waals surface area contributed by atoms with Gasteiger partial charge in [0, 0.05) is 41.9 Å². The van der Waals surface area contributed by atoms with Crippen molar-refractivity contribution >= 4 is 38.6 Å². The predicted molar refractivity (Wildman–Crippen MR) is 171 cm³/mol. The van der Waals surface area contributed by atoms with Gasteiger partial charge in [-0.1, -0.05) is 19.9 Å². The van der Waals surface area contributed by atoms with E-state index in [0.29, 0.717) is 23.2 Å². The van der Waals surface area contributed by atoms with E-state index < -0.39 is 46.2 Å². The molecule has 0 radical (unpaired) electrons. The maximum Gasteiger partial charge on any atom is 0.361 e. The van der Waals surface area contributed by atoms with Crippen molar-refractivity contribution in [1.29, 1.82) is 0 Å². The molecular formula is C33H44N5O8S+. The molecule has 14 heteroatoms. The maximum absolute atomic E-state index is 13.5. The van der Waals surface area contributed by atoms with Crippen molar-refractivity contribution in [3.8, 4) is 0 Å². The Bertz CT molecular complexity index is 1680. The van der Waals surface area contributed by atoms with Crippen LogP contribution in [0.5, 0.6) is 0 Å². The molecule has 2 aliphatic heterocycles. The molecule has 0 unspecified atom stereocenters. The highest BCUT2D eigenvalue weighted by Crippen LogP contribution is 2.23. The summed E-state index contributed by atoms with van der Waals surface area (Å²) in [4.78, 5) is 42.3. The molecule has 2 aliphatic rings. The normalized spacial score (nSPS) is 19.0. The summed E-state index contributed by atoms with van der Waals surface area (Å²) >= 11 is 0. The summed E-state index contributed by atoms with van der Waals surface area (Å²) in [7, 11) is -4.16. The number of rotatable bonds is 12. The van der Waals surface area contributed by atoms with Crippen LogP contribution in [-0.2, 0) is 30.8 Å². The van der Waals surface area contributed by atoms with Crippen molar-refractivity contribution in [3.05, 3.63) is 60.0 Å². The van der Waals surface area contributed by atoms with Crippen LogP contribution in [0.1, 0.15) is 55.6 Å². The molecule has 2 atom stereocenters. The Labute approximate surface area is 274 Å². The Morgan fingerprint density at radius 3 is 2.64 bits per heavy atom. The number of benzene rings is 1. The molecule has 3 aromatic rings. The number of hydrogen-bond donors (Lipinski definition) is 3. The molecule has 0 bridgehead atoms. The van der Waals surface area contributed by atoms with Gasteiger partial charge in [0.2, 0.25) is 12.1 Å². The van der Waals surface area contributed by atoms with Gasteiger partial charge in [-0.3, -0.25) is 24.5 Å². The number of amides is 2. The molecule has 2 aromatic heterocycles. The van der Waals surface area contributed by atoms with Crippen LogP contribution < -0.4 is 15.4 Å². The zero-order valence-corrected chi connectivity index (χ0v) is 27.7. The number of carbonyl (C=O) groups excluding carboxylic acids is 3. The number of carbonyl (C=O) groups is 3. The van der Waals surface area contributed by atoms with Crippen molar-refractivity contribution < 1.29 is 41.9 Å². The van der Waals surface area contributed by atoms with Crippen molar-refractivity contribution in [3.63, 3.8) is 0 Å². The van der Waals surface area contributed by atoms with Crippen molar-refractivity contribution in [2.75, 3.05) is 45.9 Å². The van der Waals surface area contributed by atoms with Gasteiger partial charge in [0.1, 0.15) is 11.6 Å². The Morgan fingerprint density at radius 1 is 1.11 bits per heavy atom. The molecule has 4 heterocycles. The smallest absolute Gasteiger partial charge is 0.361 e. The van der Waals surface area contributed by atoms with E-state index >= 15 is 0 Å². The van der Waals surface area contributed by atoms with Crippen LogP contribution >= 0.6 is 0 Å². The Balaban J connectivity index is 1.20. The number of aryl methyl sites for hydroxylation is 1. The van der Waals surface area contributed by atoms with Crippen molar-refractivity contribution in [1.82, 2.24) is 19.8 Å². The third-order valence-electron chi connectivity index (χ3n) is 8.52. The van der Waals surface area contributed by atoms with Gasteiger partial charge in [0.25, 0.3) is 5.91 Å². The highest BCUT2D eigenvalue weighted by molar-refractivity contribution is 7.89. The second-order valence-electron chi connectivity index (χ2n) is 12.6. The highest BCUT2D eigenvalue weighted by Gasteiger charge is 2.38. The molecule has 47 heavy (non-hydrogen) atoms. The number of sulfonamides is 1. The molecule has 5 rings (SSSR count). The van der Waals surface area contributed by atoms with E-state index in [-0.39, 0.29) is 29.7 Å². The van der Waals surface area contributed by atoms with Gasteiger partial charge in [-0.15, -0.1) is 0 Å². The third-order valence-corrected chi connectivity index (χ3v) is 10.4. The first kappa shape index (κ1) is 34.5. The standard InChI is InChI=1S/C33H43N5O8S/c1-23(2)19-27(32(40)34-26-8-6-13-37(22-28(26)39)47(43,44)31-9-3-4-14-38(31)42)35-33(41)30-21-25-20-24(10-11-29(25)46-30)7-5-12-36-15-17-45-18-16-36/h3-4,9-11,14,20-21,23,26-27H,5-8,12-13,15-19,22H2,1-2H3,(H2-,34,35,40,41,42)/p+1/t26-,27-/m1/s1.